The molecular formula is C18H16ClF3N6O. The third kappa shape index (κ3) is 3.17. The molecule has 0 spiro atoms. The number of aromatic nitrogens is 5. The summed E-state index contributed by atoms with van der Waals surface area (Å²) >= 11 is 5.96. The normalized spacial score (nSPS) is 19.3. The van der Waals surface area contributed by atoms with Gasteiger partial charge in [0.15, 0.2) is 0 Å². The van der Waals surface area contributed by atoms with Crippen molar-refractivity contribution in [1.82, 2.24) is 29.9 Å². The van der Waals surface area contributed by atoms with Crippen LogP contribution in [0.2, 0.25) is 5.02 Å². The van der Waals surface area contributed by atoms with Gasteiger partial charge in [0.05, 0.1) is 40.3 Å². The number of alkyl halides is 3. The second kappa shape index (κ2) is 6.87. The number of carbonyl (C=O) groups is 1. The van der Waals surface area contributed by atoms with Crippen LogP contribution in [0.15, 0.2) is 36.7 Å². The fourth-order valence-electron chi connectivity index (χ4n) is 3.68. The maximum Gasteiger partial charge on any atom is 0.417 e. The van der Waals surface area contributed by atoms with E-state index in [0.717, 1.165) is 11.8 Å². The first-order chi connectivity index (χ1) is 13.7. The van der Waals surface area contributed by atoms with Crippen LogP contribution in [0, 0.1) is 0 Å². The van der Waals surface area contributed by atoms with Gasteiger partial charge in [0.1, 0.15) is 5.69 Å². The van der Waals surface area contributed by atoms with Gasteiger partial charge in [-0.2, -0.15) is 23.1 Å². The number of halogens is 4. The summed E-state index contributed by atoms with van der Waals surface area (Å²) < 4.78 is 39.6. The summed E-state index contributed by atoms with van der Waals surface area (Å²) in [4.78, 5) is 17.7. The van der Waals surface area contributed by atoms with E-state index in [0.29, 0.717) is 12.1 Å². The van der Waals surface area contributed by atoms with Crippen molar-refractivity contribution in [2.24, 2.45) is 0 Å². The van der Waals surface area contributed by atoms with Gasteiger partial charge in [-0.3, -0.25) is 4.79 Å². The van der Waals surface area contributed by atoms with E-state index in [4.69, 9.17) is 11.6 Å². The largest absolute Gasteiger partial charge is 0.417 e. The molecular weight excluding hydrogens is 409 g/mol. The lowest BCUT2D eigenvalue weighted by Gasteiger charge is -2.38. The number of hydrogen-bond acceptors (Lipinski definition) is 4. The zero-order valence-electron chi connectivity index (χ0n) is 15.4. The predicted molar refractivity (Wildman–Crippen MR) is 97.2 cm³/mol. The first-order valence-corrected chi connectivity index (χ1v) is 9.21. The zero-order valence-corrected chi connectivity index (χ0v) is 16.2. The number of rotatable bonds is 2. The Bertz CT molecular complexity index is 1060. The van der Waals surface area contributed by atoms with Gasteiger partial charge in [0.2, 0.25) is 0 Å². The van der Waals surface area contributed by atoms with Gasteiger partial charge in [-0.15, -0.1) is 9.89 Å². The summed E-state index contributed by atoms with van der Waals surface area (Å²) in [5.74, 6) is -0.583. The maximum atomic E-state index is 13.2. The Labute approximate surface area is 168 Å². The first kappa shape index (κ1) is 19.4. The van der Waals surface area contributed by atoms with Gasteiger partial charge in [-0.25, -0.2) is 0 Å². The molecule has 4 rings (SSSR count). The third-order valence-electron chi connectivity index (χ3n) is 5.00. The Balaban J connectivity index is 1.72. The minimum Gasteiger partial charge on any atom is -0.327 e. The minimum atomic E-state index is -4.65. The van der Waals surface area contributed by atoms with Crippen LogP contribution in [0.4, 0.5) is 13.2 Å². The number of fused-ring (bicyclic) bond motifs is 1. The Morgan fingerprint density at radius 2 is 2.00 bits per heavy atom. The quantitative estimate of drug-likeness (QED) is 0.630. The maximum absolute atomic E-state index is 13.2. The predicted octanol–water partition coefficient (Wildman–Crippen LogP) is 3.61. The number of carbonyl (C=O) groups excluding carboxylic acids is 1. The molecule has 152 valence electrons. The molecule has 0 aliphatic carbocycles. The second-order valence-electron chi connectivity index (χ2n) is 6.84. The van der Waals surface area contributed by atoms with Gasteiger partial charge in [0, 0.05) is 12.5 Å². The van der Waals surface area contributed by atoms with E-state index in [1.807, 2.05) is 6.92 Å². The van der Waals surface area contributed by atoms with E-state index in [2.05, 4.69) is 15.4 Å². The number of hydrogen-bond donors (Lipinski definition) is 0. The van der Waals surface area contributed by atoms with Crippen LogP contribution in [0.25, 0.3) is 0 Å². The molecule has 1 aromatic carbocycles. The molecule has 0 saturated carbocycles. The highest BCUT2D eigenvalue weighted by atomic mass is 35.5. The van der Waals surface area contributed by atoms with E-state index in [9.17, 15) is 18.0 Å². The van der Waals surface area contributed by atoms with Crippen LogP contribution >= 0.6 is 11.6 Å². The van der Waals surface area contributed by atoms with Crippen molar-refractivity contribution in [3.8, 4) is 0 Å². The van der Waals surface area contributed by atoms with Crippen molar-refractivity contribution in [3.63, 3.8) is 0 Å². The fourth-order valence-corrected chi connectivity index (χ4v) is 3.99. The van der Waals surface area contributed by atoms with Crippen molar-refractivity contribution >= 4 is 17.5 Å². The topological polar surface area (TPSA) is 68.8 Å². The van der Waals surface area contributed by atoms with Crippen LogP contribution in [0.3, 0.4) is 0 Å². The van der Waals surface area contributed by atoms with Crippen LogP contribution in [-0.4, -0.2) is 41.8 Å². The molecule has 0 fully saturated rings. The van der Waals surface area contributed by atoms with Crippen molar-refractivity contribution in [1.29, 1.82) is 0 Å². The summed E-state index contributed by atoms with van der Waals surface area (Å²) in [7, 11) is 0. The summed E-state index contributed by atoms with van der Waals surface area (Å²) in [6.45, 7) is 3.58. The Kier molecular flexibility index (Phi) is 4.60. The van der Waals surface area contributed by atoms with Crippen LogP contribution in [0.1, 0.15) is 47.2 Å². The molecule has 3 heterocycles. The highest BCUT2D eigenvalue weighted by Gasteiger charge is 2.40. The Morgan fingerprint density at radius 3 is 2.66 bits per heavy atom. The van der Waals surface area contributed by atoms with Crippen LogP contribution in [0.5, 0.6) is 0 Å². The molecule has 1 aliphatic rings. The molecule has 7 nitrogen and oxygen atoms in total. The Hall–Kier alpha value is -2.88. The smallest absolute Gasteiger partial charge is 0.327 e. The van der Waals surface area contributed by atoms with Crippen LogP contribution in [-0.2, 0) is 12.6 Å². The van der Waals surface area contributed by atoms with Crippen molar-refractivity contribution in [2.45, 2.75) is 38.5 Å². The van der Waals surface area contributed by atoms with E-state index >= 15 is 0 Å². The summed E-state index contributed by atoms with van der Waals surface area (Å²) in [5.41, 5.74) is 0.124. The Morgan fingerprint density at radius 1 is 1.24 bits per heavy atom. The molecule has 0 N–H and O–H groups in total. The lowest BCUT2D eigenvalue weighted by Crippen LogP contribution is -2.45. The highest BCUT2D eigenvalue weighted by molar-refractivity contribution is 6.34. The van der Waals surface area contributed by atoms with Crippen molar-refractivity contribution < 1.29 is 18.0 Å². The molecule has 0 radical (unpaired) electrons. The lowest BCUT2D eigenvalue weighted by atomic mass is 9.96. The SMILES string of the molecule is C[C@@H]1c2nnn(-n3cccn3)c2C[C@H](C)N1C(=O)c1cccc(C(F)(F)F)c1Cl. The summed E-state index contributed by atoms with van der Waals surface area (Å²) in [6, 6.07) is 4.26. The molecule has 0 unspecified atom stereocenters. The molecule has 29 heavy (non-hydrogen) atoms. The van der Waals surface area contributed by atoms with Crippen LogP contribution < -0.4 is 0 Å². The fraction of sp³-hybridized carbons (Fsp3) is 0.333. The number of amides is 1. The molecule has 3 aromatic rings. The van der Waals surface area contributed by atoms with Gasteiger partial charge in [-0.1, -0.05) is 17.7 Å². The van der Waals surface area contributed by atoms with Gasteiger partial charge < -0.3 is 4.90 Å². The lowest BCUT2D eigenvalue weighted by molar-refractivity contribution is -0.137. The monoisotopic (exact) mass is 424 g/mol. The van der Waals surface area contributed by atoms with Gasteiger partial charge >= 0.3 is 6.18 Å². The molecule has 0 bridgehead atoms. The number of nitrogens with zero attached hydrogens (tertiary/aromatic N) is 6. The number of benzene rings is 1. The molecule has 11 heteroatoms. The molecule has 2 atom stereocenters. The molecule has 1 amide bonds. The molecule has 0 saturated heterocycles. The zero-order chi connectivity index (χ0) is 20.9. The highest BCUT2D eigenvalue weighted by Crippen LogP contribution is 2.38. The standard InChI is InChI=1S/C18H16ClF3N6O/c1-10-9-14-16(24-25-28(14)26-8-4-7-23-26)11(2)27(10)17(29)12-5-3-6-13(15(12)19)18(20,21)22/h3-8,10-11H,9H2,1-2H3/t10-,11+/m0/s1. The summed E-state index contributed by atoms with van der Waals surface area (Å²) in [6.07, 6.45) is -0.916. The van der Waals surface area contributed by atoms with Gasteiger partial charge in [0.25, 0.3) is 5.91 Å². The average Bonchev–Trinajstić information content (AvgIpc) is 3.30. The minimum absolute atomic E-state index is 0.192. The van der Waals surface area contributed by atoms with Crippen molar-refractivity contribution in [3.05, 3.63) is 64.2 Å². The average molecular weight is 425 g/mol. The van der Waals surface area contributed by atoms with E-state index in [-0.39, 0.29) is 11.6 Å². The van der Waals surface area contributed by atoms with Crippen molar-refractivity contribution in [2.75, 3.05) is 0 Å². The van der Waals surface area contributed by atoms with Gasteiger partial charge in [-0.05, 0) is 37.3 Å². The summed E-state index contributed by atoms with van der Waals surface area (Å²) in [5, 5.41) is 11.8. The first-order valence-electron chi connectivity index (χ1n) is 8.83. The van der Waals surface area contributed by atoms with E-state index in [1.54, 1.807) is 30.2 Å². The molecule has 2 aromatic heterocycles. The van der Waals surface area contributed by atoms with E-state index < -0.39 is 28.7 Å². The molecule has 1 aliphatic heterocycles. The van der Waals surface area contributed by atoms with E-state index in [1.165, 1.54) is 21.8 Å². The third-order valence-corrected chi connectivity index (χ3v) is 5.41. The second-order valence-corrected chi connectivity index (χ2v) is 7.22.